The number of nitrogens with one attached hydrogen (secondary N) is 1. The number of rotatable bonds is 3. The highest BCUT2D eigenvalue weighted by Gasteiger charge is 2.30. The summed E-state index contributed by atoms with van der Waals surface area (Å²) in [4.78, 5) is 0. The van der Waals surface area contributed by atoms with Crippen molar-refractivity contribution in [2.24, 2.45) is 0 Å². The maximum absolute atomic E-state index is 13.2. The van der Waals surface area contributed by atoms with Gasteiger partial charge in [0.15, 0.2) is 0 Å². The van der Waals surface area contributed by atoms with E-state index in [4.69, 9.17) is 23.2 Å². The van der Waals surface area contributed by atoms with Crippen molar-refractivity contribution in [3.05, 3.63) is 63.9 Å². The van der Waals surface area contributed by atoms with Crippen LogP contribution in [0, 0.1) is 5.82 Å². The highest BCUT2D eigenvalue weighted by molar-refractivity contribution is 6.42. The summed E-state index contributed by atoms with van der Waals surface area (Å²) in [7, 11) is 0. The minimum Gasteiger partial charge on any atom is -0.382 e. The van der Waals surface area contributed by atoms with Gasteiger partial charge in [-0.05, 0) is 54.7 Å². The first kappa shape index (κ1) is 13.7. The van der Waals surface area contributed by atoms with Crippen molar-refractivity contribution < 1.29 is 4.39 Å². The van der Waals surface area contributed by atoms with E-state index >= 15 is 0 Å². The molecule has 0 aliphatic heterocycles. The Morgan fingerprint density at radius 2 is 1.80 bits per heavy atom. The lowest BCUT2D eigenvalue weighted by atomic mass is 9.76. The zero-order chi connectivity index (χ0) is 14.1. The van der Waals surface area contributed by atoms with E-state index in [9.17, 15) is 4.39 Å². The number of halogens is 3. The van der Waals surface area contributed by atoms with Crippen LogP contribution in [0.15, 0.2) is 42.5 Å². The van der Waals surface area contributed by atoms with Gasteiger partial charge in [0.25, 0.3) is 0 Å². The van der Waals surface area contributed by atoms with Gasteiger partial charge in [-0.3, -0.25) is 0 Å². The topological polar surface area (TPSA) is 12.0 Å². The van der Waals surface area contributed by atoms with Crippen molar-refractivity contribution >= 4 is 28.9 Å². The van der Waals surface area contributed by atoms with Crippen LogP contribution in [0.5, 0.6) is 0 Å². The third kappa shape index (κ3) is 2.92. The first-order valence-electron chi connectivity index (χ1n) is 6.59. The molecule has 0 atom stereocenters. The number of hydrogen-bond acceptors (Lipinski definition) is 1. The SMILES string of the molecule is Fc1cccc(C2CC(Nc3ccc(Cl)c(Cl)c3)C2)c1. The molecule has 4 heteroatoms. The summed E-state index contributed by atoms with van der Waals surface area (Å²) in [5.74, 6) is 0.273. The lowest BCUT2D eigenvalue weighted by molar-refractivity contribution is 0.373. The van der Waals surface area contributed by atoms with Gasteiger partial charge in [-0.25, -0.2) is 4.39 Å². The first-order chi connectivity index (χ1) is 9.61. The molecule has 0 unspecified atom stereocenters. The molecule has 0 aromatic heterocycles. The molecule has 1 aliphatic carbocycles. The standard InChI is InChI=1S/C16H14Cl2FN/c17-15-5-4-13(9-16(15)18)20-14-7-11(8-14)10-2-1-3-12(19)6-10/h1-6,9,11,14,20H,7-8H2. The van der Waals surface area contributed by atoms with Crippen molar-refractivity contribution in [3.8, 4) is 0 Å². The van der Waals surface area contributed by atoms with Gasteiger partial charge in [0.1, 0.15) is 5.82 Å². The molecule has 0 spiro atoms. The Balaban J connectivity index is 1.59. The third-order valence-corrected chi connectivity index (χ3v) is 4.49. The molecule has 0 radical (unpaired) electrons. The number of anilines is 1. The van der Waals surface area contributed by atoms with Crippen molar-refractivity contribution in [2.45, 2.75) is 24.8 Å². The smallest absolute Gasteiger partial charge is 0.123 e. The molecule has 1 N–H and O–H groups in total. The van der Waals surface area contributed by atoms with Crippen LogP contribution in [0.2, 0.25) is 10.0 Å². The van der Waals surface area contributed by atoms with Gasteiger partial charge in [-0.1, -0.05) is 35.3 Å². The Morgan fingerprint density at radius 1 is 1.00 bits per heavy atom. The van der Waals surface area contributed by atoms with Crippen molar-refractivity contribution in [1.29, 1.82) is 0 Å². The van der Waals surface area contributed by atoms with Gasteiger partial charge in [-0.15, -0.1) is 0 Å². The fourth-order valence-corrected chi connectivity index (χ4v) is 2.89. The summed E-state index contributed by atoms with van der Waals surface area (Å²) < 4.78 is 13.2. The van der Waals surface area contributed by atoms with E-state index < -0.39 is 0 Å². The molecule has 0 amide bonds. The van der Waals surface area contributed by atoms with E-state index in [1.807, 2.05) is 18.2 Å². The van der Waals surface area contributed by atoms with Gasteiger partial charge in [0.2, 0.25) is 0 Å². The lowest BCUT2D eigenvalue weighted by Gasteiger charge is -2.37. The van der Waals surface area contributed by atoms with E-state index in [1.54, 1.807) is 18.2 Å². The maximum Gasteiger partial charge on any atom is 0.123 e. The predicted octanol–water partition coefficient (Wildman–Crippen LogP) is 5.49. The zero-order valence-corrected chi connectivity index (χ0v) is 12.3. The molecule has 20 heavy (non-hydrogen) atoms. The van der Waals surface area contributed by atoms with Crippen molar-refractivity contribution in [1.82, 2.24) is 0 Å². The molecule has 0 heterocycles. The van der Waals surface area contributed by atoms with Crippen LogP contribution in [-0.4, -0.2) is 6.04 Å². The Kier molecular flexibility index (Phi) is 3.86. The summed E-state index contributed by atoms with van der Waals surface area (Å²) >= 11 is 11.9. The van der Waals surface area contributed by atoms with Gasteiger partial charge in [-0.2, -0.15) is 0 Å². The van der Waals surface area contributed by atoms with Crippen molar-refractivity contribution in [2.75, 3.05) is 5.32 Å². The Labute approximate surface area is 127 Å². The summed E-state index contributed by atoms with van der Waals surface area (Å²) in [6.45, 7) is 0. The van der Waals surface area contributed by atoms with Gasteiger partial charge < -0.3 is 5.32 Å². The predicted molar refractivity (Wildman–Crippen MR) is 82.2 cm³/mol. The van der Waals surface area contributed by atoms with Crippen LogP contribution < -0.4 is 5.32 Å². The van der Waals surface area contributed by atoms with Crippen LogP contribution in [0.1, 0.15) is 24.3 Å². The second-order valence-corrected chi connectivity index (χ2v) is 6.01. The summed E-state index contributed by atoms with van der Waals surface area (Å²) in [6.07, 6.45) is 2.01. The molecule has 1 nitrogen and oxygen atoms in total. The molecule has 1 fully saturated rings. The zero-order valence-electron chi connectivity index (χ0n) is 10.7. The molecular weight excluding hydrogens is 296 g/mol. The largest absolute Gasteiger partial charge is 0.382 e. The van der Waals surface area contributed by atoms with Crippen LogP contribution in [-0.2, 0) is 0 Å². The molecule has 1 saturated carbocycles. The summed E-state index contributed by atoms with van der Waals surface area (Å²) in [6, 6.07) is 12.8. The third-order valence-electron chi connectivity index (χ3n) is 3.75. The maximum atomic E-state index is 13.2. The van der Waals surface area contributed by atoms with E-state index in [2.05, 4.69) is 5.32 Å². The molecule has 2 aromatic rings. The average molecular weight is 310 g/mol. The highest BCUT2D eigenvalue weighted by Crippen LogP contribution is 2.39. The molecule has 0 bridgehead atoms. The lowest BCUT2D eigenvalue weighted by Crippen LogP contribution is -2.34. The summed E-state index contributed by atoms with van der Waals surface area (Å²) in [5.41, 5.74) is 2.05. The Morgan fingerprint density at radius 3 is 2.50 bits per heavy atom. The van der Waals surface area contributed by atoms with E-state index in [0.717, 1.165) is 24.1 Å². The van der Waals surface area contributed by atoms with E-state index in [0.29, 0.717) is 22.0 Å². The Hall–Kier alpha value is -1.25. The van der Waals surface area contributed by atoms with Gasteiger partial charge >= 0.3 is 0 Å². The average Bonchev–Trinajstić information content (AvgIpc) is 2.37. The number of hydrogen-bond donors (Lipinski definition) is 1. The molecule has 0 saturated heterocycles. The second kappa shape index (κ2) is 5.63. The van der Waals surface area contributed by atoms with Gasteiger partial charge in [0, 0.05) is 11.7 Å². The first-order valence-corrected chi connectivity index (χ1v) is 7.34. The molecular formula is C16H14Cl2FN. The fraction of sp³-hybridized carbons (Fsp3) is 0.250. The van der Waals surface area contributed by atoms with Gasteiger partial charge in [0.05, 0.1) is 10.0 Å². The molecule has 2 aromatic carbocycles. The molecule has 104 valence electrons. The van der Waals surface area contributed by atoms with Crippen LogP contribution >= 0.6 is 23.2 Å². The van der Waals surface area contributed by atoms with Crippen LogP contribution in [0.25, 0.3) is 0 Å². The fourth-order valence-electron chi connectivity index (χ4n) is 2.59. The Bertz CT molecular complexity index is 624. The molecule has 1 aliphatic rings. The normalized spacial score (nSPS) is 21.4. The van der Waals surface area contributed by atoms with Crippen LogP contribution in [0.4, 0.5) is 10.1 Å². The van der Waals surface area contributed by atoms with Crippen LogP contribution in [0.3, 0.4) is 0 Å². The monoisotopic (exact) mass is 309 g/mol. The quantitative estimate of drug-likeness (QED) is 0.790. The second-order valence-electron chi connectivity index (χ2n) is 5.19. The minimum atomic E-state index is -0.164. The minimum absolute atomic E-state index is 0.164. The summed E-state index contributed by atoms with van der Waals surface area (Å²) in [5, 5.41) is 4.54. The highest BCUT2D eigenvalue weighted by atomic mass is 35.5. The number of benzene rings is 2. The van der Waals surface area contributed by atoms with E-state index in [1.165, 1.54) is 6.07 Å². The van der Waals surface area contributed by atoms with Crippen molar-refractivity contribution in [3.63, 3.8) is 0 Å². The molecule has 3 rings (SSSR count). The van der Waals surface area contributed by atoms with E-state index in [-0.39, 0.29) is 5.82 Å².